The van der Waals surface area contributed by atoms with Crippen molar-refractivity contribution in [1.82, 2.24) is 9.80 Å². The van der Waals surface area contributed by atoms with E-state index in [0.717, 1.165) is 6.42 Å². The first-order chi connectivity index (χ1) is 15.0. The van der Waals surface area contributed by atoms with E-state index in [0.29, 0.717) is 37.3 Å². The van der Waals surface area contributed by atoms with Crippen LogP contribution in [0.4, 0.5) is 0 Å². The first kappa shape index (κ1) is 20.7. The van der Waals surface area contributed by atoms with Crippen LogP contribution in [0.25, 0.3) is 11.1 Å². The molecule has 3 aliphatic rings. The summed E-state index contributed by atoms with van der Waals surface area (Å²) in [5.74, 6) is 1.93. The van der Waals surface area contributed by atoms with Crippen molar-refractivity contribution >= 4 is 23.2 Å². The van der Waals surface area contributed by atoms with Crippen LogP contribution in [0.3, 0.4) is 0 Å². The molecule has 1 aromatic carbocycles. The molecule has 5 heteroatoms. The van der Waals surface area contributed by atoms with Crippen LogP contribution in [0, 0.1) is 23.2 Å². The molecule has 0 unspecified atom stereocenters. The number of likely N-dealkylation sites (tertiary alicyclic amines) is 1. The number of nitrogens with zero attached hydrogens (tertiary/aromatic N) is 2. The molecule has 0 N–H and O–H groups in total. The molecule has 0 radical (unpaired) electrons. The fourth-order valence-electron chi connectivity index (χ4n) is 6.13. The van der Waals surface area contributed by atoms with E-state index in [1.54, 1.807) is 16.2 Å². The predicted molar refractivity (Wildman–Crippen MR) is 125 cm³/mol. The van der Waals surface area contributed by atoms with Gasteiger partial charge in [-0.3, -0.25) is 9.59 Å². The summed E-state index contributed by atoms with van der Waals surface area (Å²) in [6.45, 7) is 1.27. The Hall–Kier alpha value is -2.14. The van der Waals surface area contributed by atoms with E-state index < -0.39 is 5.41 Å². The first-order valence-electron chi connectivity index (χ1n) is 11.6. The van der Waals surface area contributed by atoms with Crippen LogP contribution < -0.4 is 0 Å². The van der Waals surface area contributed by atoms with Gasteiger partial charge in [-0.25, -0.2) is 0 Å². The van der Waals surface area contributed by atoms with Crippen LogP contribution in [0.5, 0.6) is 0 Å². The van der Waals surface area contributed by atoms with Gasteiger partial charge >= 0.3 is 0 Å². The molecule has 2 aromatic rings. The van der Waals surface area contributed by atoms with Crippen LogP contribution in [0.15, 0.2) is 41.1 Å². The summed E-state index contributed by atoms with van der Waals surface area (Å²) in [7, 11) is 3.67. The second-order valence-corrected chi connectivity index (χ2v) is 10.8. The van der Waals surface area contributed by atoms with Crippen molar-refractivity contribution < 1.29 is 9.59 Å². The number of carbonyl (C=O) groups excluding carboxylic acids is 2. The Balaban J connectivity index is 1.33. The number of hydrogen-bond acceptors (Lipinski definition) is 3. The van der Waals surface area contributed by atoms with E-state index in [1.807, 2.05) is 19.0 Å². The topological polar surface area (TPSA) is 40.6 Å². The van der Waals surface area contributed by atoms with Crippen molar-refractivity contribution in [2.45, 2.75) is 38.5 Å². The van der Waals surface area contributed by atoms with E-state index in [-0.39, 0.29) is 11.8 Å². The normalized spacial score (nSPS) is 29.5. The first-order valence-corrected chi connectivity index (χ1v) is 12.5. The van der Waals surface area contributed by atoms with Crippen molar-refractivity contribution in [1.29, 1.82) is 0 Å². The third-order valence-corrected chi connectivity index (χ3v) is 8.50. The Bertz CT molecular complexity index is 940. The molecule has 0 spiro atoms. The smallest absolute Gasteiger partial charge is 0.230 e. The zero-order chi connectivity index (χ0) is 21.6. The zero-order valence-corrected chi connectivity index (χ0v) is 19.4. The van der Waals surface area contributed by atoms with Crippen LogP contribution in [-0.4, -0.2) is 48.8 Å². The van der Waals surface area contributed by atoms with Crippen LogP contribution in [-0.2, 0) is 16.0 Å². The zero-order valence-electron chi connectivity index (χ0n) is 18.5. The summed E-state index contributed by atoms with van der Waals surface area (Å²) < 4.78 is 0. The lowest BCUT2D eigenvalue weighted by Gasteiger charge is -2.31. The maximum atomic E-state index is 13.3. The quantitative estimate of drug-likeness (QED) is 0.682. The Morgan fingerprint density at radius 3 is 2.39 bits per heavy atom. The molecule has 2 saturated carbocycles. The van der Waals surface area contributed by atoms with Crippen LogP contribution in [0.1, 0.15) is 37.7 Å². The fourth-order valence-corrected chi connectivity index (χ4v) is 6.80. The van der Waals surface area contributed by atoms with Crippen molar-refractivity contribution in [2.24, 2.45) is 23.2 Å². The van der Waals surface area contributed by atoms with Crippen molar-refractivity contribution in [3.05, 3.63) is 46.7 Å². The monoisotopic (exact) mass is 436 g/mol. The maximum Gasteiger partial charge on any atom is 0.230 e. The third-order valence-electron chi connectivity index (χ3n) is 7.82. The molecular weight excluding hydrogens is 404 g/mol. The summed E-state index contributed by atoms with van der Waals surface area (Å²) in [5.41, 5.74) is 3.10. The maximum absolute atomic E-state index is 13.3. The minimum absolute atomic E-state index is 0.151. The Morgan fingerprint density at radius 1 is 1.06 bits per heavy atom. The number of carbonyl (C=O) groups is 2. The van der Waals surface area contributed by atoms with Gasteiger partial charge < -0.3 is 9.80 Å². The summed E-state index contributed by atoms with van der Waals surface area (Å²) in [4.78, 5) is 30.3. The summed E-state index contributed by atoms with van der Waals surface area (Å²) in [6, 6.07) is 10.7. The number of amides is 2. The summed E-state index contributed by atoms with van der Waals surface area (Å²) >= 11 is 1.70. The van der Waals surface area contributed by atoms with Crippen LogP contribution >= 0.6 is 11.3 Å². The van der Waals surface area contributed by atoms with Crippen molar-refractivity contribution in [3.8, 4) is 11.1 Å². The third kappa shape index (κ3) is 3.82. The van der Waals surface area contributed by atoms with Gasteiger partial charge in [-0.15, -0.1) is 0 Å². The van der Waals surface area contributed by atoms with Gasteiger partial charge in [0.1, 0.15) is 0 Å². The minimum atomic E-state index is -0.511. The predicted octanol–water partition coefficient (Wildman–Crippen LogP) is 4.70. The Morgan fingerprint density at radius 2 is 1.77 bits per heavy atom. The molecule has 2 aliphatic carbocycles. The van der Waals surface area contributed by atoms with Gasteiger partial charge in [0, 0.05) is 33.1 Å². The molecule has 164 valence electrons. The highest BCUT2D eigenvalue weighted by atomic mass is 32.1. The van der Waals surface area contributed by atoms with Crippen LogP contribution in [0.2, 0.25) is 0 Å². The molecule has 0 bridgehead atoms. The van der Waals surface area contributed by atoms with Crippen molar-refractivity contribution in [2.75, 3.05) is 27.2 Å². The van der Waals surface area contributed by atoms with E-state index in [1.165, 1.54) is 42.4 Å². The number of benzene rings is 1. The second-order valence-electron chi connectivity index (χ2n) is 10.0. The Kier molecular flexibility index (Phi) is 5.41. The molecule has 2 amide bonds. The largest absolute Gasteiger partial charge is 0.348 e. The van der Waals surface area contributed by atoms with Gasteiger partial charge in [0.2, 0.25) is 11.8 Å². The van der Waals surface area contributed by atoms with Gasteiger partial charge in [0.05, 0.1) is 5.41 Å². The van der Waals surface area contributed by atoms with E-state index in [2.05, 4.69) is 41.1 Å². The molecule has 31 heavy (non-hydrogen) atoms. The molecular formula is C26H32N2O2S. The molecule has 4 nitrogen and oxygen atoms in total. The average Bonchev–Trinajstić information content (AvgIpc) is 3.09. The average molecular weight is 437 g/mol. The van der Waals surface area contributed by atoms with Gasteiger partial charge in [0.15, 0.2) is 0 Å². The highest BCUT2D eigenvalue weighted by Crippen LogP contribution is 2.56. The fraction of sp³-hybridized carbons (Fsp3) is 0.538. The summed E-state index contributed by atoms with van der Waals surface area (Å²) in [6.07, 6.45) is 6.42. The lowest BCUT2D eigenvalue weighted by Crippen LogP contribution is -2.45. The summed E-state index contributed by atoms with van der Waals surface area (Å²) in [5, 5.41) is 4.25. The molecule has 3 fully saturated rings. The highest BCUT2D eigenvalue weighted by molar-refractivity contribution is 7.08. The van der Waals surface area contributed by atoms with E-state index in [4.69, 9.17) is 0 Å². The van der Waals surface area contributed by atoms with Gasteiger partial charge in [0.25, 0.3) is 0 Å². The molecule has 1 aromatic heterocycles. The lowest BCUT2D eigenvalue weighted by atomic mass is 9.79. The van der Waals surface area contributed by atoms with E-state index in [9.17, 15) is 9.59 Å². The minimum Gasteiger partial charge on any atom is -0.348 e. The van der Waals surface area contributed by atoms with Gasteiger partial charge in [-0.05, 0) is 71.0 Å². The Labute approximate surface area is 189 Å². The number of thiophene rings is 1. The van der Waals surface area contributed by atoms with Gasteiger partial charge in [-0.1, -0.05) is 37.1 Å². The standard InChI is InChI=1S/C26H32N2O2S/c1-27(2)25(30)26(15-18-7-9-19(10-8-18)20-11-14-31-16-20)12-13-28(17-26)24(29)23-21-5-3-4-6-22(21)23/h7-11,14,16,21-23H,3-6,12-13,15,17H2,1-2H3/t21-,22-,26+/m1/s1. The highest BCUT2D eigenvalue weighted by Gasteiger charge is 2.57. The second kappa shape index (κ2) is 8.09. The van der Waals surface area contributed by atoms with Gasteiger partial charge in [-0.2, -0.15) is 11.3 Å². The number of fused-ring (bicyclic) bond motifs is 1. The molecule has 2 heterocycles. The van der Waals surface area contributed by atoms with Crippen molar-refractivity contribution in [3.63, 3.8) is 0 Å². The van der Waals surface area contributed by atoms with E-state index >= 15 is 0 Å². The molecule has 1 saturated heterocycles. The molecule has 5 rings (SSSR count). The number of rotatable bonds is 5. The number of hydrogen-bond donors (Lipinski definition) is 0. The molecule has 1 aliphatic heterocycles. The lowest BCUT2D eigenvalue weighted by molar-refractivity contribution is -0.140. The molecule has 3 atom stereocenters. The SMILES string of the molecule is CN(C)C(=O)[C@]1(Cc2ccc(-c3ccsc3)cc2)CCN(C(=O)C2[C@@H]3CCCC[C@@H]23)C1.